The van der Waals surface area contributed by atoms with Gasteiger partial charge in [0.25, 0.3) is 6.01 Å². The summed E-state index contributed by atoms with van der Waals surface area (Å²) in [6.45, 7) is 0.900. The molecule has 2 N–H and O–H groups in total. The summed E-state index contributed by atoms with van der Waals surface area (Å²) in [5, 5.41) is 0. The Kier molecular flexibility index (Phi) is 2.92. The number of benzene rings is 1. The fourth-order valence-electron chi connectivity index (χ4n) is 1.61. The second-order valence-electron chi connectivity index (χ2n) is 4.00. The molecule has 4 nitrogen and oxygen atoms in total. The minimum atomic E-state index is 0.202. The van der Waals surface area contributed by atoms with E-state index in [2.05, 4.69) is 22.0 Å². The minimum absolute atomic E-state index is 0.202. The average molecular weight is 217 g/mol. The molecular weight excluding hydrogens is 202 g/mol. The third kappa shape index (κ3) is 2.41. The first kappa shape index (κ1) is 10.7. The second-order valence-corrected chi connectivity index (χ2v) is 4.00. The highest BCUT2D eigenvalue weighted by Crippen LogP contribution is 2.22. The van der Waals surface area contributed by atoms with E-state index < -0.39 is 0 Å². The smallest absolute Gasteiger partial charge is 0.292 e. The highest BCUT2D eigenvalue weighted by atomic mass is 16.4. The van der Waals surface area contributed by atoms with Crippen molar-refractivity contribution < 1.29 is 4.42 Å². The van der Waals surface area contributed by atoms with Crippen LogP contribution in [-0.2, 0) is 6.54 Å². The van der Waals surface area contributed by atoms with Crippen molar-refractivity contribution in [3.05, 3.63) is 36.0 Å². The molecule has 0 atom stereocenters. The lowest BCUT2D eigenvalue weighted by molar-refractivity contribution is 0.402. The van der Waals surface area contributed by atoms with Gasteiger partial charge in [0, 0.05) is 12.1 Å². The zero-order valence-corrected chi connectivity index (χ0v) is 9.47. The first-order valence-electron chi connectivity index (χ1n) is 5.10. The summed E-state index contributed by atoms with van der Waals surface area (Å²) in [6.07, 6.45) is 1.64. The zero-order valence-electron chi connectivity index (χ0n) is 9.47. The molecule has 0 unspecified atom stereocenters. The van der Waals surface area contributed by atoms with Crippen LogP contribution in [0.15, 0.2) is 34.9 Å². The molecule has 1 heterocycles. The SMILES string of the molecule is CN(C)Cc1cccc(-c2cnc(N)o2)c1. The first-order chi connectivity index (χ1) is 7.65. The van der Waals surface area contributed by atoms with Crippen molar-refractivity contribution in [3.63, 3.8) is 0 Å². The van der Waals surface area contributed by atoms with Crippen molar-refractivity contribution in [3.8, 4) is 11.3 Å². The predicted octanol–water partition coefficient (Wildman–Crippen LogP) is 1.99. The van der Waals surface area contributed by atoms with Gasteiger partial charge in [0.15, 0.2) is 5.76 Å². The normalized spacial score (nSPS) is 10.9. The maximum atomic E-state index is 5.45. The number of hydrogen-bond donors (Lipinski definition) is 1. The molecule has 0 spiro atoms. The third-order valence-corrected chi connectivity index (χ3v) is 2.23. The van der Waals surface area contributed by atoms with E-state index in [4.69, 9.17) is 10.2 Å². The lowest BCUT2D eigenvalue weighted by atomic mass is 10.1. The lowest BCUT2D eigenvalue weighted by Gasteiger charge is -2.09. The summed E-state index contributed by atoms with van der Waals surface area (Å²) in [7, 11) is 4.08. The molecule has 0 saturated carbocycles. The van der Waals surface area contributed by atoms with Gasteiger partial charge in [0.05, 0.1) is 6.20 Å². The molecule has 4 heteroatoms. The molecule has 0 amide bonds. The number of aromatic nitrogens is 1. The van der Waals surface area contributed by atoms with Crippen LogP contribution in [0.5, 0.6) is 0 Å². The Hall–Kier alpha value is -1.81. The highest BCUT2D eigenvalue weighted by Gasteiger charge is 2.05. The van der Waals surface area contributed by atoms with E-state index in [1.165, 1.54) is 5.56 Å². The van der Waals surface area contributed by atoms with Crippen molar-refractivity contribution in [2.24, 2.45) is 0 Å². The topological polar surface area (TPSA) is 55.3 Å². The third-order valence-electron chi connectivity index (χ3n) is 2.23. The number of nitrogen functional groups attached to an aromatic ring is 1. The molecule has 1 aromatic heterocycles. The quantitative estimate of drug-likeness (QED) is 0.854. The van der Waals surface area contributed by atoms with Gasteiger partial charge in [-0.15, -0.1) is 0 Å². The molecule has 0 aliphatic rings. The molecular formula is C12H15N3O. The largest absolute Gasteiger partial charge is 0.424 e. The van der Waals surface area contributed by atoms with Gasteiger partial charge in [-0.2, -0.15) is 0 Å². The van der Waals surface area contributed by atoms with Gasteiger partial charge >= 0.3 is 0 Å². The van der Waals surface area contributed by atoms with Crippen molar-refractivity contribution in [2.75, 3.05) is 19.8 Å². The van der Waals surface area contributed by atoms with Crippen molar-refractivity contribution in [1.29, 1.82) is 0 Å². The maximum absolute atomic E-state index is 5.45. The molecule has 2 rings (SSSR count). The summed E-state index contributed by atoms with van der Waals surface area (Å²) in [5.41, 5.74) is 7.69. The number of hydrogen-bond acceptors (Lipinski definition) is 4. The van der Waals surface area contributed by atoms with Gasteiger partial charge in [-0.3, -0.25) is 0 Å². The molecule has 0 fully saturated rings. The van der Waals surface area contributed by atoms with Crippen LogP contribution in [0.2, 0.25) is 0 Å². The van der Waals surface area contributed by atoms with E-state index in [0.29, 0.717) is 5.76 Å². The molecule has 0 aliphatic heterocycles. The molecule has 0 saturated heterocycles. The molecule has 0 radical (unpaired) electrons. The van der Waals surface area contributed by atoms with Crippen LogP contribution >= 0.6 is 0 Å². The first-order valence-corrected chi connectivity index (χ1v) is 5.10. The Morgan fingerprint density at radius 2 is 2.19 bits per heavy atom. The summed E-state index contributed by atoms with van der Waals surface area (Å²) < 4.78 is 5.28. The van der Waals surface area contributed by atoms with E-state index in [9.17, 15) is 0 Å². The van der Waals surface area contributed by atoms with Gasteiger partial charge in [0.2, 0.25) is 0 Å². The summed E-state index contributed by atoms with van der Waals surface area (Å²) in [4.78, 5) is 6.00. The van der Waals surface area contributed by atoms with E-state index >= 15 is 0 Å². The van der Waals surface area contributed by atoms with Gasteiger partial charge < -0.3 is 15.1 Å². The standard InChI is InChI=1S/C12H15N3O/c1-15(2)8-9-4-3-5-10(6-9)11-7-14-12(13)16-11/h3-7H,8H2,1-2H3,(H2,13,14). The van der Waals surface area contributed by atoms with Crippen LogP contribution in [0.3, 0.4) is 0 Å². The van der Waals surface area contributed by atoms with E-state index in [1.54, 1.807) is 6.20 Å². The Morgan fingerprint density at radius 1 is 1.38 bits per heavy atom. The number of rotatable bonds is 3. The van der Waals surface area contributed by atoms with Crippen molar-refractivity contribution in [2.45, 2.75) is 6.54 Å². The van der Waals surface area contributed by atoms with Gasteiger partial charge in [-0.1, -0.05) is 18.2 Å². The fraction of sp³-hybridized carbons (Fsp3) is 0.250. The Balaban J connectivity index is 2.28. The van der Waals surface area contributed by atoms with Crippen LogP contribution in [0.1, 0.15) is 5.56 Å². The van der Waals surface area contributed by atoms with E-state index in [0.717, 1.165) is 12.1 Å². The second kappa shape index (κ2) is 4.37. The lowest BCUT2D eigenvalue weighted by Crippen LogP contribution is -2.10. The van der Waals surface area contributed by atoms with Gasteiger partial charge in [-0.05, 0) is 25.7 Å². The Labute approximate surface area is 94.7 Å². The average Bonchev–Trinajstić information content (AvgIpc) is 2.64. The summed E-state index contributed by atoms with van der Waals surface area (Å²) in [5.74, 6) is 0.707. The molecule has 2 aromatic rings. The number of oxazole rings is 1. The van der Waals surface area contributed by atoms with E-state index in [1.807, 2.05) is 26.2 Å². The maximum Gasteiger partial charge on any atom is 0.292 e. The van der Waals surface area contributed by atoms with Crippen molar-refractivity contribution in [1.82, 2.24) is 9.88 Å². The van der Waals surface area contributed by atoms with Crippen LogP contribution in [0, 0.1) is 0 Å². The van der Waals surface area contributed by atoms with Crippen LogP contribution in [0.4, 0.5) is 6.01 Å². The predicted molar refractivity (Wildman–Crippen MR) is 63.7 cm³/mol. The van der Waals surface area contributed by atoms with Gasteiger partial charge in [-0.25, -0.2) is 4.98 Å². The molecule has 16 heavy (non-hydrogen) atoms. The Morgan fingerprint density at radius 3 is 2.81 bits per heavy atom. The number of nitrogens with two attached hydrogens (primary N) is 1. The highest BCUT2D eigenvalue weighted by molar-refractivity contribution is 5.58. The van der Waals surface area contributed by atoms with E-state index in [-0.39, 0.29) is 6.01 Å². The molecule has 84 valence electrons. The molecule has 0 aliphatic carbocycles. The zero-order chi connectivity index (χ0) is 11.5. The van der Waals surface area contributed by atoms with Gasteiger partial charge in [0.1, 0.15) is 0 Å². The molecule has 1 aromatic carbocycles. The summed E-state index contributed by atoms with van der Waals surface area (Å²) >= 11 is 0. The number of anilines is 1. The van der Waals surface area contributed by atoms with Crippen LogP contribution < -0.4 is 5.73 Å². The summed E-state index contributed by atoms with van der Waals surface area (Å²) in [6, 6.07) is 8.36. The van der Waals surface area contributed by atoms with Crippen LogP contribution in [0.25, 0.3) is 11.3 Å². The monoisotopic (exact) mass is 217 g/mol. The Bertz CT molecular complexity index is 477. The fourth-order valence-corrected chi connectivity index (χ4v) is 1.61. The van der Waals surface area contributed by atoms with Crippen molar-refractivity contribution >= 4 is 6.01 Å². The minimum Gasteiger partial charge on any atom is -0.424 e. The van der Waals surface area contributed by atoms with Crippen LogP contribution in [-0.4, -0.2) is 24.0 Å². The number of nitrogens with zero attached hydrogens (tertiary/aromatic N) is 2. The molecule has 0 bridgehead atoms.